The number of hydrogen-bond acceptors (Lipinski definition) is 11. The van der Waals surface area contributed by atoms with Crippen molar-refractivity contribution in [2.24, 2.45) is 0 Å². The second-order valence-corrected chi connectivity index (χ2v) is 19.7. The van der Waals surface area contributed by atoms with Gasteiger partial charge in [-0.15, -0.1) is 0 Å². The molecule has 2 amide bonds. The zero-order valence-electron chi connectivity index (χ0n) is 41.1. The van der Waals surface area contributed by atoms with E-state index in [0.29, 0.717) is 110 Å². The maximum Gasteiger partial charge on any atom is 0.315 e. The van der Waals surface area contributed by atoms with Crippen molar-refractivity contribution in [1.82, 2.24) is 10.6 Å². The molecule has 0 aliphatic carbocycles. The van der Waals surface area contributed by atoms with Gasteiger partial charge in [-0.3, -0.25) is 4.79 Å². The van der Waals surface area contributed by atoms with Crippen LogP contribution in [0.5, 0.6) is 0 Å². The van der Waals surface area contributed by atoms with Crippen molar-refractivity contribution in [2.75, 3.05) is 117 Å². The number of nitrogens with zero attached hydrogens (tertiary/aromatic N) is 2. The van der Waals surface area contributed by atoms with Crippen LogP contribution in [0.4, 0.5) is 16.2 Å². The van der Waals surface area contributed by atoms with E-state index in [2.05, 4.69) is 127 Å². The van der Waals surface area contributed by atoms with Gasteiger partial charge in [0.15, 0.2) is 12.3 Å². The van der Waals surface area contributed by atoms with Crippen LogP contribution in [-0.2, 0) is 48.8 Å². The molecule has 2 fully saturated rings. The number of amides is 2. The van der Waals surface area contributed by atoms with E-state index in [1.807, 2.05) is 11.8 Å². The predicted molar refractivity (Wildman–Crippen MR) is 267 cm³/mol. The number of thioether (sulfide) groups is 1. The maximum atomic E-state index is 12.4. The topological polar surface area (TPSA) is 129 Å². The van der Waals surface area contributed by atoms with E-state index < -0.39 is 0 Å². The van der Waals surface area contributed by atoms with Crippen LogP contribution in [0.25, 0.3) is 0 Å². The summed E-state index contributed by atoms with van der Waals surface area (Å²) in [5.74, 6) is 1.27. The van der Waals surface area contributed by atoms with Crippen LogP contribution in [0.1, 0.15) is 77.3 Å². The molecule has 13 nitrogen and oxygen atoms in total. The number of allylic oxidation sites excluding steroid dienone is 6. The van der Waals surface area contributed by atoms with Crippen LogP contribution in [0.2, 0.25) is 0 Å². The third-order valence-corrected chi connectivity index (χ3v) is 14.6. The summed E-state index contributed by atoms with van der Waals surface area (Å²) in [6.45, 7) is 17.7. The number of Topliss-reactive ketones (excluding diaryl/α,β-unsaturated/α-hetero) is 1. The van der Waals surface area contributed by atoms with Crippen molar-refractivity contribution < 1.29 is 59.7 Å². The highest BCUT2D eigenvalue weighted by atomic mass is 35.5. The molecule has 2 saturated heterocycles. The van der Waals surface area contributed by atoms with Crippen LogP contribution < -0.4 is 27.9 Å². The summed E-state index contributed by atoms with van der Waals surface area (Å²) in [7, 11) is 1.66. The number of anilines is 1. The fourth-order valence-corrected chi connectivity index (χ4v) is 11.0. The number of hydrogen-bond donors (Lipinski definition) is 2. The first-order valence-corrected chi connectivity index (χ1v) is 25.5. The highest BCUT2D eigenvalue weighted by Crippen LogP contribution is 2.47. The molecule has 0 saturated carbocycles. The molecule has 6 rings (SSSR count). The van der Waals surface area contributed by atoms with E-state index in [1.54, 1.807) is 7.11 Å². The Kier molecular flexibility index (Phi) is 23.6. The molecule has 0 spiro atoms. The van der Waals surface area contributed by atoms with Crippen molar-refractivity contribution in [3.8, 4) is 0 Å². The Morgan fingerprint density at radius 1 is 0.721 bits per heavy atom. The summed E-state index contributed by atoms with van der Waals surface area (Å²) in [6, 6.07) is 17.8. The highest BCUT2D eigenvalue weighted by Gasteiger charge is 2.44. The second kappa shape index (κ2) is 28.9. The Morgan fingerprint density at radius 2 is 1.34 bits per heavy atom. The highest BCUT2D eigenvalue weighted by molar-refractivity contribution is 8.00. The van der Waals surface area contributed by atoms with Gasteiger partial charge >= 0.3 is 6.03 Å². The fraction of sp³-hybridized carbons (Fsp3) is 0.604. The minimum Gasteiger partial charge on any atom is -1.00 e. The number of ether oxygens (including phenoxy) is 7. The number of carbonyl (C=O) groups is 2. The number of rotatable bonds is 33. The molecule has 4 heterocycles. The van der Waals surface area contributed by atoms with Crippen molar-refractivity contribution >= 4 is 40.7 Å². The Morgan fingerprint density at radius 3 is 2.06 bits per heavy atom. The van der Waals surface area contributed by atoms with Gasteiger partial charge in [0.2, 0.25) is 5.69 Å². The number of ketones is 1. The summed E-state index contributed by atoms with van der Waals surface area (Å²) in [4.78, 5) is 26.3. The van der Waals surface area contributed by atoms with Gasteiger partial charge in [0, 0.05) is 78.6 Å². The lowest BCUT2D eigenvalue weighted by Gasteiger charge is -2.27. The van der Waals surface area contributed by atoms with Gasteiger partial charge in [-0.1, -0.05) is 74.9 Å². The van der Waals surface area contributed by atoms with E-state index in [-0.39, 0.29) is 41.4 Å². The molecule has 2 aromatic rings. The third-order valence-electron chi connectivity index (χ3n) is 13.0. The molecule has 68 heavy (non-hydrogen) atoms. The number of unbranched alkanes of at least 4 members (excludes halogenated alkanes) is 1. The predicted octanol–water partition coefficient (Wildman–Crippen LogP) is 4.68. The van der Waals surface area contributed by atoms with Gasteiger partial charge in [0.05, 0.1) is 90.2 Å². The van der Waals surface area contributed by atoms with Gasteiger partial charge < -0.3 is 61.1 Å². The van der Waals surface area contributed by atoms with Crippen molar-refractivity contribution in [3.63, 3.8) is 0 Å². The minimum absolute atomic E-state index is 0. The molecular weight excluding hydrogens is 904 g/mol. The number of methoxy groups -OCH3 is 1. The molecule has 2 aromatic carbocycles. The molecular formula is C53H77ClN4O9S. The van der Waals surface area contributed by atoms with Crippen LogP contribution in [0.3, 0.4) is 0 Å². The molecule has 3 unspecified atom stereocenters. The average molecular weight is 982 g/mol. The summed E-state index contributed by atoms with van der Waals surface area (Å²) in [6.07, 6.45) is 15.8. The number of para-hydroxylation sites is 2. The zero-order chi connectivity index (χ0) is 47.3. The lowest BCUT2D eigenvalue weighted by molar-refractivity contribution is -0.442. The van der Waals surface area contributed by atoms with Crippen LogP contribution >= 0.6 is 11.8 Å². The van der Waals surface area contributed by atoms with E-state index >= 15 is 0 Å². The Bertz CT molecular complexity index is 2010. The normalized spacial score (nSPS) is 20.6. The summed E-state index contributed by atoms with van der Waals surface area (Å²) >= 11 is 1.92. The fourth-order valence-electron chi connectivity index (χ4n) is 9.47. The van der Waals surface area contributed by atoms with Gasteiger partial charge in [0.25, 0.3) is 0 Å². The SMILES string of the molecule is COCCOCCOCCOCC[N+]1=C(/C=C/C=C/C=C2/N(CCOCCOCCOCCCC(=O)CCCCC3SCC4NC(=O)NC43)c3ccccc3C2(C)C)C(C)(C)c2ccccc21.[Cl-]. The van der Waals surface area contributed by atoms with Gasteiger partial charge in [-0.2, -0.15) is 16.3 Å². The number of fused-ring (bicyclic) bond motifs is 3. The molecule has 0 bridgehead atoms. The Balaban J connectivity index is 0.00000864. The Labute approximate surface area is 416 Å². The zero-order valence-corrected chi connectivity index (χ0v) is 42.7. The monoisotopic (exact) mass is 981 g/mol. The Hall–Kier alpha value is -3.57. The molecule has 0 aromatic heterocycles. The number of halogens is 1. The van der Waals surface area contributed by atoms with Crippen molar-refractivity contribution in [1.29, 1.82) is 0 Å². The maximum absolute atomic E-state index is 12.4. The van der Waals surface area contributed by atoms with E-state index in [1.165, 1.54) is 33.9 Å². The molecule has 4 aliphatic heterocycles. The lowest BCUT2D eigenvalue weighted by atomic mass is 9.81. The number of carbonyl (C=O) groups excluding carboxylic acids is 2. The average Bonchev–Trinajstić information content (AvgIpc) is 4.00. The number of benzene rings is 2. The summed E-state index contributed by atoms with van der Waals surface area (Å²) < 4.78 is 42.1. The lowest BCUT2D eigenvalue weighted by Crippen LogP contribution is -3.00. The number of nitrogens with one attached hydrogen (secondary N) is 2. The third kappa shape index (κ3) is 15.7. The second-order valence-electron chi connectivity index (χ2n) is 18.4. The van der Waals surface area contributed by atoms with Crippen LogP contribution in [-0.4, -0.2) is 151 Å². The molecule has 3 atom stereocenters. The first kappa shape index (κ1) is 55.4. The first-order chi connectivity index (χ1) is 32.6. The molecule has 0 radical (unpaired) electrons. The molecule has 376 valence electrons. The number of urea groups is 1. The largest absolute Gasteiger partial charge is 1.00 e. The molecule has 4 aliphatic rings. The van der Waals surface area contributed by atoms with E-state index in [4.69, 9.17) is 33.2 Å². The first-order valence-electron chi connectivity index (χ1n) is 24.5. The van der Waals surface area contributed by atoms with Gasteiger partial charge in [-0.05, 0) is 50.8 Å². The van der Waals surface area contributed by atoms with Gasteiger partial charge in [-0.25, -0.2) is 4.79 Å². The molecule has 2 N–H and O–H groups in total. The smallest absolute Gasteiger partial charge is 0.315 e. The summed E-state index contributed by atoms with van der Waals surface area (Å²) in [5, 5.41) is 6.47. The van der Waals surface area contributed by atoms with E-state index in [9.17, 15) is 9.59 Å². The van der Waals surface area contributed by atoms with Crippen LogP contribution in [0, 0.1) is 0 Å². The summed E-state index contributed by atoms with van der Waals surface area (Å²) in [5.41, 5.74) is 7.21. The standard InChI is InChI=1S/C53H76N4O9S.ClH/c1-52(2)42-18-10-12-20-45(42)56(25-28-62-33-36-65-35-32-61-27-15-17-41(58)16-9-14-22-47-50-44(40-67-47)54-51(59)55-50)48(52)23-7-6-8-24-49-53(3,4)43-19-11-13-21-46(43)57(49)26-29-63-34-37-66-39-38-64-31-30-60-5;/h6-8,10-13,18-21,23-24,44,47,50H,9,14-17,22,25-40H2,1-5H3,(H-,54,55,59);1H. The molecule has 15 heteroatoms. The minimum atomic E-state index is -0.168. The van der Waals surface area contributed by atoms with E-state index in [0.717, 1.165) is 44.5 Å². The van der Waals surface area contributed by atoms with Crippen molar-refractivity contribution in [3.05, 3.63) is 95.7 Å². The van der Waals surface area contributed by atoms with Crippen molar-refractivity contribution in [2.45, 2.75) is 94.4 Å². The van der Waals surface area contributed by atoms with Crippen LogP contribution in [0.15, 0.2) is 84.6 Å². The van der Waals surface area contributed by atoms with Gasteiger partial charge in [0.1, 0.15) is 12.4 Å². The quantitative estimate of drug-likeness (QED) is 0.0448.